The molecule has 0 spiro atoms. The van der Waals surface area contributed by atoms with Gasteiger partial charge in [0.1, 0.15) is 17.2 Å². The van der Waals surface area contributed by atoms with Crippen molar-refractivity contribution in [2.75, 3.05) is 0 Å². The number of benzene rings is 2. The van der Waals surface area contributed by atoms with Crippen LogP contribution in [-0.2, 0) is 0 Å². The molecule has 0 saturated heterocycles. The van der Waals surface area contributed by atoms with E-state index >= 15 is 0 Å². The van der Waals surface area contributed by atoms with E-state index in [2.05, 4.69) is 15.2 Å². The van der Waals surface area contributed by atoms with Gasteiger partial charge in [-0.2, -0.15) is 0 Å². The van der Waals surface area contributed by atoms with Gasteiger partial charge in [-0.25, -0.2) is 9.37 Å². The number of aromatic nitrogens is 2. The second-order valence-electron chi connectivity index (χ2n) is 5.76. The van der Waals surface area contributed by atoms with E-state index in [-0.39, 0.29) is 5.82 Å². The van der Waals surface area contributed by atoms with E-state index in [9.17, 15) is 4.39 Å². The second kappa shape index (κ2) is 6.28. The third kappa shape index (κ3) is 3.04. The maximum atomic E-state index is 13.3. The number of nitrogens with zero attached hydrogens (tertiary/aromatic N) is 4. The number of aryl methyl sites for hydroxylation is 1. The van der Waals surface area contributed by atoms with Gasteiger partial charge in [-0.15, -0.1) is 10.2 Å². The first-order chi connectivity index (χ1) is 12.2. The van der Waals surface area contributed by atoms with Crippen molar-refractivity contribution in [3.05, 3.63) is 84.3 Å². The summed E-state index contributed by atoms with van der Waals surface area (Å²) in [5.74, 6) is 0.335. The van der Waals surface area contributed by atoms with E-state index < -0.39 is 0 Å². The number of hydrogen-bond acceptors (Lipinski definition) is 3. The maximum Gasteiger partial charge on any atom is 0.187 e. The molecule has 0 saturated carbocycles. The zero-order valence-electron chi connectivity index (χ0n) is 13.6. The molecule has 2 heterocycles. The van der Waals surface area contributed by atoms with Crippen molar-refractivity contribution >= 4 is 17.2 Å². The van der Waals surface area contributed by atoms with Crippen LogP contribution in [0.4, 0.5) is 15.9 Å². The van der Waals surface area contributed by atoms with Crippen LogP contribution in [0.1, 0.15) is 5.56 Å². The first-order valence-corrected chi connectivity index (χ1v) is 7.92. The second-order valence-corrected chi connectivity index (χ2v) is 5.76. The number of pyridine rings is 1. The van der Waals surface area contributed by atoms with Gasteiger partial charge in [0, 0.05) is 11.8 Å². The Balaban J connectivity index is 1.89. The molecule has 0 N–H and O–H groups in total. The minimum Gasteiger partial charge on any atom is -0.283 e. The first kappa shape index (κ1) is 15.2. The molecule has 122 valence electrons. The fourth-order valence-corrected chi connectivity index (χ4v) is 2.63. The zero-order chi connectivity index (χ0) is 17.2. The van der Waals surface area contributed by atoms with Crippen LogP contribution in [0.3, 0.4) is 0 Å². The van der Waals surface area contributed by atoms with Gasteiger partial charge in [-0.1, -0.05) is 18.2 Å². The molecule has 0 aliphatic heterocycles. The third-order valence-electron chi connectivity index (χ3n) is 3.89. The minimum atomic E-state index is -0.282. The Morgan fingerprint density at radius 1 is 0.920 bits per heavy atom. The molecule has 0 aliphatic rings. The predicted molar refractivity (Wildman–Crippen MR) is 95.9 cm³/mol. The van der Waals surface area contributed by atoms with E-state index in [0.717, 1.165) is 22.5 Å². The largest absolute Gasteiger partial charge is 0.283 e. The van der Waals surface area contributed by atoms with E-state index in [1.54, 1.807) is 12.1 Å². The molecule has 0 amide bonds. The molecule has 0 atom stereocenters. The number of imidazole rings is 1. The van der Waals surface area contributed by atoms with Gasteiger partial charge < -0.3 is 0 Å². The molecule has 4 rings (SSSR count). The zero-order valence-corrected chi connectivity index (χ0v) is 13.6. The lowest BCUT2D eigenvalue weighted by Gasteiger charge is -2.00. The Labute approximate surface area is 144 Å². The predicted octanol–water partition coefficient (Wildman–Crippen LogP) is 5.86. The molecule has 0 radical (unpaired) electrons. The fourth-order valence-electron chi connectivity index (χ4n) is 2.63. The first-order valence-electron chi connectivity index (χ1n) is 7.92. The highest BCUT2D eigenvalue weighted by Crippen LogP contribution is 2.32. The summed E-state index contributed by atoms with van der Waals surface area (Å²) in [4.78, 5) is 4.67. The van der Waals surface area contributed by atoms with Crippen molar-refractivity contribution in [3.8, 4) is 11.3 Å². The molecule has 25 heavy (non-hydrogen) atoms. The van der Waals surface area contributed by atoms with E-state index in [0.29, 0.717) is 11.5 Å². The van der Waals surface area contributed by atoms with Crippen molar-refractivity contribution in [2.45, 2.75) is 6.92 Å². The normalized spacial score (nSPS) is 11.4. The molecule has 0 unspecified atom stereocenters. The Kier molecular flexibility index (Phi) is 3.82. The standard InChI is InChI=1S/C20H15FN4/c1-14-11-12-25-18(13-14)22-19(15-7-9-16(21)10-8-15)20(25)24-23-17-5-3-2-4-6-17/h2-13H,1H3. The summed E-state index contributed by atoms with van der Waals surface area (Å²) in [6, 6.07) is 19.7. The molecule has 0 aliphatic carbocycles. The number of halogens is 1. The number of rotatable bonds is 3. The molecule has 4 aromatic rings. The van der Waals surface area contributed by atoms with Crippen molar-refractivity contribution in [1.82, 2.24) is 9.38 Å². The Morgan fingerprint density at radius 3 is 2.44 bits per heavy atom. The number of hydrogen-bond donors (Lipinski definition) is 0. The van der Waals surface area contributed by atoms with Gasteiger partial charge in [0.2, 0.25) is 0 Å². The lowest BCUT2D eigenvalue weighted by atomic mass is 10.1. The van der Waals surface area contributed by atoms with Gasteiger partial charge in [0.05, 0.1) is 5.69 Å². The van der Waals surface area contributed by atoms with Crippen molar-refractivity contribution < 1.29 is 4.39 Å². The Morgan fingerprint density at radius 2 is 1.68 bits per heavy atom. The van der Waals surface area contributed by atoms with Crippen LogP contribution in [0, 0.1) is 12.7 Å². The minimum absolute atomic E-state index is 0.282. The van der Waals surface area contributed by atoms with Gasteiger partial charge in [0.25, 0.3) is 0 Å². The lowest BCUT2D eigenvalue weighted by molar-refractivity contribution is 0.628. The molecule has 5 heteroatoms. The molecule has 4 nitrogen and oxygen atoms in total. The highest BCUT2D eigenvalue weighted by Gasteiger charge is 2.14. The molecular formula is C20H15FN4. The summed E-state index contributed by atoms with van der Waals surface area (Å²) in [5.41, 5.74) is 4.11. The Bertz CT molecular complexity index is 1050. The monoisotopic (exact) mass is 330 g/mol. The summed E-state index contributed by atoms with van der Waals surface area (Å²) in [7, 11) is 0. The number of azo groups is 1. The van der Waals surface area contributed by atoms with Crippen LogP contribution in [0.15, 0.2) is 83.2 Å². The molecule has 2 aromatic carbocycles. The molecule has 0 fully saturated rings. The summed E-state index contributed by atoms with van der Waals surface area (Å²) < 4.78 is 15.1. The molecular weight excluding hydrogens is 315 g/mol. The summed E-state index contributed by atoms with van der Waals surface area (Å²) in [5, 5.41) is 8.74. The summed E-state index contributed by atoms with van der Waals surface area (Å²) >= 11 is 0. The third-order valence-corrected chi connectivity index (χ3v) is 3.89. The maximum absolute atomic E-state index is 13.3. The molecule has 0 bridgehead atoms. The van der Waals surface area contributed by atoms with Crippen LogP contribution in [0.5, 0.6) is 0 Å². The highest BCUT2D eigenvalue weighted by atomic mass is 19.1. The topological polar surface area (TPSA) is 42.0 Å². The van der Waals surface area contributed by atoms with E-state index in [4.69, 9.17) is 0 Å². The lowest BCUT2D eigenvalue weighted by Crippen LogP contribution is -1.84. The van der Waals surface area contributed by atoms with Crippen LogP contribution in [-0.4, -0.2) is 9.38 Å². The van der Waals surface area contributed by atoms with Crippen LogP contribution in [0.2, 0.25) is 0 Å². The summed E-state index contributed by atoms with van der Waals surface area (Å²) in [6.45, 7) is 2.01. The van der Waals surface area contributed by atoms with Gasteiger partial charge in [-0.05, 0) is 61.0 Å². The van der Waals surface area contributed by atoms with Gasteiger partial charge in [0.15, 0.2) is 5.82 Å². The Hall–Kier alpha value is -3.34. The van der Waals surface area contributed by atoms with Crippen LogP contribution >= 0.6 is 0 Å². The smallest absolute Gasteiger partial charge is 0.187 e. The van der Waals surface area contributed by atoms with Crippen LogP contribution < -0.4 is 0 Å². The van der Waals surface area contributed by atoms with Gasteiger partial charge in [-0.3, -0.25) is 4.40 Å². The SMILES string of the molecule is Cc1ccn2c(N=Nc3ccccc3)c(-c3ccc(F)cc3)nc2c1. The quantitative estimate of drug-likeness (QED) is 0.433. The van der Waals surface area contributed by atoms with Crippen molar-refractivity contribution in [1.29, 1.82) is 0 Å². The average molecular weight is 330 g/mol. The fraction of sp³-hybridized carbons (Fsp3) is 0.0500. The van der Waals surface area contributed by atoms with E-state index in [1.165, 1.54) is 12.1 Å². The molecule has 2 aromatic heterocycles. The van der Waals surface area contributed by atoms with E-state index in [1.807, 2.05) is 60.0 Å². The van der Waals surface area contributed by atoms with Crippen molar-refractivity contribution in [3.63, 3.8) is 0 Å². The van der Waals surface area contributed by atoms with Crippen LogP contribution in [0.25, 0.3) is 16.9 Å². The number of fused-ring (bicyclic) bond motifs is 1. The van der Waals surface area contributed by atoms with Gasteiger partial charge >= 0.3 is 0 Å². The highest BCUT2D eigenvalue weighted by molar-refractivity contribution is 5.74. The average Bonchev–Trinajstić information content (AvgIpc) is 2.99. The van der Waals surface area contributed by atoms with Crippen molar-refractivity contribution in [2.24, 2.45) is 10.2 Å². The summed E-state index contributed by atoms with van der Waals surface area (Å²) in [6.07, 6.45) is 1.92.